The van der Waals surface area contributed by atoms with Crippen molar-refractivity contribution in [2.75, 3.05) is 26.2 Å². The normalized spacial score (nSPS) is 15.8. The molecular formula is C15H29N5. The van der Waals surface area contributed by atoms with Gasteiger partial charge in [0.15, 0.2) is 0 Å². The van der Waals surface area contributed by atoms with Crippen molar-refractivity contribution in [2.45, 2.75) is 52.6 Å². The highest BCUT2D eigenvalue weighted by atomic mass is 15.3. The van der Waals surface area contributed by atoms with Crippen LogP contribution in [0.5, 0.6) is 0 Å². The van der Waals surface area contributed by atoms with Gasteiger partial charge in [0.05, 0.1) is 6.54 Å². The molecule has 5 heteroatoms. The Morgan fingerprint density at radius 2 is 2.05 bits per heavy atom. The first-order valence-electron chi connectivity index (χ1n) is 8.05. The second-order valence-corrected chi connectivity index (χ2v) is 6.23. The van der Waals surface area contributed by atoms with Crippen molar-refractivity contribution in [3.05, 3.63) is 12.2 Å². The summed E-state index contributed by atoms with van der Waals surface area (Å²) in [5, 5.41) is 11.6. The second kappa shape index (κ2) is 8.37. The minimum Gasteiger partial charge on any atom is -0.316 e. The minimum atomic E-state index is 0.760. The minimum absolute atomic E-state index is 0.760. The number of rotatable bonds is 9. The van der Waals surface area contributed by atoms with Crippen LogP contribution in [0.25, 0.3) is 0 Å². The van der Waals surface area contributed by atoms with Crippen molar-refractivity contribution in [1.82, 2.24) is 25.0 Å². The molecule has 0 fully saturated rings. The van der Waals surface area contributed by atoms with Gasteiger partial charge in [0.2, 0.25) is 0 Å². The van der Waals surface area contributed by atoms with Crippen LogP contribution in [-0.2, 0) is 13.1 Å². The van der Waals surface area contributed by atoms with Gasteiger partial charge in [0, 0.05) is 13.1 Å². The molecule has 1 N–H and O–H groups in total. The van der Waals surface area contributed by atoms with Gasteiger partial charge in [0.25, 0.3) is 0 Å². The van der Waals surface area contributed by atoms with E-state index in [1.165, 1.54) is 38.8 Å². The highest BCUT2D eigenvalue weighted by Crippen LogP contribution is 2.10. The van der Waals surface area contributed by atoms with Crippen molar-refractivity contribution in [3.8, 4) is 0 Å². The van der Waals surface area contributed by atoms with E-state index in [9.17, 15) is 0 Å². The number of fused-ring (bicyclic) bond motifs is 1. The predicted molar refractivity (Wildman–Crippen MR) is 81.5 cm³/mol. The molecule has 1 aliphatic rings. The van der Waals surface area contributed by atoms with Crippen LogP contribution in [-0.4, -0.2) is 45.8 Å². The third kappa shape index (κ3) is 5.21. The van der Waals surface area contributed by atoms with E-state index in [1.807, 2.05) is 6.33 Å². The SMILES string of the molecule is CC(C)CNCCCCCCN1CCn2cnnc2C1. The molecule has 1 aliphatic heterocycles. The molecule has 0 spiro atoms. The molecule has 0 saturated heterocycles. The molecular weight excluding hydrogens is 250 g/mol. The van der Waals surface area contributed by atoms with Crippen LogP contribution >= 0.6 is 0 Å². The van der Waals surface area contributed by atoms with Crippen molar-refractivity contribution in [1.29, 1.82) is 0 Å². The highest BCUT2D eigenvalue weighted by molar-refractivity contribution is 4.89. The van der Waals surface area contributed by atoms with E-state index < -0.39 is 0 Å². The second-order valence-electron chi connectivity index (χ2n) is 6.23. The Morgan fingerprint density at radius 3 is 2.90 bits per heavy atom. The Hall–Kier alpha value is -0.940. The Labute approximate surface area is 122 Å². The molecule has 1 aromatic rings. The zero-order chi connectivity index (χ0) is 14.2. The van der Waals surface area contributed by atoms with Gasteiger partial charge in [-0.05, 0) is 38.4 Å². The van der Waals surface area contributed by atoms with Gasteiger partial charge in [-0.2, -0.15) is 0 Å². The lowest BCUT2D eigenvalue weighted by atomic mass is 10.1. The van der Waals surface area contributed by atoms with Gasteiger partial charge in [0.1, 0.15) is 12.2 Å². The van der Waals surface area contributed by atoms with Crippen molar-refractivity contribution >= 4 is 0 Å². The third-order valence-corrected chi connectivity index (χ3v) is 3.85. The number of hydrogen-bond acceptors (Lipinski definition) is 4. The Balaban J connectivity index is 1.46. The number of hydrogen-bond donors (Lipinski definition) is 1. The zero-order valence-electron chi connectivity index (χ0n) is 13.0. The van der Waals surface area contributed by atoms with Crippen LogP contribution in [0.4, 0.5) is 0 Å². The fourth-order valence-corrected chi connectivity index (χ4v) is 2.64. The topological polar surface area (TPSA) is 46.0 Å². The van der Waals surface area contributed by atoms with Crippen molar-refractivity contribution in [2.24, 2.45) is 5.92 Å². The molecule has 0 aliphatic carbocycles. The van der Waals surface area contributed by atoms with Gasteiger partial charge in [-0.25, -0.2) is 0 Å². The molecule has 0 atom stereocenters. The van der Waals surface area contributed by atoms with E-state index in [0.29, 0.717) is 0 Å². The average molecular weight is 279 g/mol. The number of aromatic nitrogens is 3. The summed E-state index contributed by atoms with van der Waals surface area (Å²) in [5.74, 6) is 1.88. The average Bonchev–Trinajstić information content (AvgIpc) is 2.89. The summed E-state index contributed by atoms with van der Waals surface area (Å²) in [6.07, 6.45) is 7.14. The number of nitrogens with zero attached hydrogens (tertiary/aromatic N) is 4. The first-order chi connectivity index (χ1) is 9.75. The van der Waals surface area contributed by atoms with Crippen LogP contribution in [0.15, 0.2) is 6.33 Å². The molecule has 0 amide bonds. The quantitative estimate of drug-likeness (QED) is 0.701. The maximum atomic E-state index is 4.16. The van der Waals surface area contributed by atoms with Gasteiger partial charge in [-0.1, -0.05) is 26.7 Å². The summed E-state index contributed by atoms with van der Waals surface area (Å²) in [6, 6.07) is 0. The monoisotopic (exact) mass is 279 g/mol. The lowest BCUT2D eigenvalue weighted by molar-refractivity contribution is 0.212. The molecule has 0 aromatic carbocycles. The number of unbranched alkanes of at least 4 members (excludes halogenated alkanes) is 3. The van der Waals surface area contributed by atoms with Gasteiger partial charge in [-0.15, -0.1) is 10.2 Å². The van der Waals surface area contributed by atoms with E-state index in [-0.39, 0.29) is 0 Å². The summed E-state index contributed by atoms with van der Waals surface area (Å²) in [6.45, 7) is 11.2. The van der Waals surface area contributed by atoms with E-state index in [2.05, 4.69) is 38.8 Å². The molecule has 0 radical (unpaired) electrons. The smallest absolute Gasteiger partial charge is 0.147 e. The molecule has 0 unspecified atom stereocenters. The Morgan fingerprint density at radius 1 is 1.20 bits per heavy atom. The summed E-state index contributed by atoms with van der Waals surface area (Å²) < 4.78 is 2.16. The summed E-state index contributed by atoms with van der Waals surface area (Å²) in [4.78, 5) is 2.50. The maximum absolute atomic E-state index is 4.16. The lowest BCUT2D eigenvalue weighted by Crippen LogP contribution is -2.34. The molecule has 20 heavy (non-hydrogen) atoms. The van der Waals surface area contributed by atoms with Gasteiger partial charge >= 0.3 is 0 Å². The Bertz CT molecular complexity index is 374. The lowest BCUT2D eigenvalue weighted by Gasteiger charge is -2.26. The van der Waals surface area contributed by atoms with Crippen LogP contribution in [0, 0.1) is 5.92 Å². The molecule has 5 nitrogen and oxygen atoms in total. The fourth-order valence-electron chi connectivity index (χ4n) is 2.64. The van der Waals surface area contributed by atoms with E-state index in [1.54, 1.807) is 0 Å². The third-order valence-electron chi connectivity index (χ3n) is 3.85. The molecule has 1 aromatic heterocycles. The van der Waals surface area contributed by atoms with Crippen LogP contribution in [0.1, 0.15) is 45.4 Å². The zero-order valence-corrected chi connectivity index (χ0v) is 13.0. The van der Waals surface area contributed by atoms with Gasteiger partial charge < -0.3 is 9.88 Å². The number of nitrogens with one attached hydrogen (secondary N) is 1. The molecule has 0 saturated carbocycles. The fraction of sp³-hybridized carbons (Fsp3) is 0.867. The largest absolute Gasteiger partial charge is 0.316 e. The molecule has 114 valence electrons. The molecule has 2 rings (SSSR count). The summed E-state index contributed by atoms with van der Waals surface area (Å²) in [7, 11) is 0. The van der Waals surface area contributed by atoms with Crippen molar-refractivity contribution in [3.63, 3.8) is 0 Å². The first kappa shape index (κ1) is 15.4. The van der Waals surface area contributed by atoms with Crippen LogP contribution < -0.4 is 5.32 Å². The predicted octanol–water partition coefficient (Wildman–Crippen LogP) is 1.90. The standard InChI is InChI=1S/C15H29N5/c1-14(2)11-16-7-5-3-4-6-8-19-9-10-20-13-17-18-15(20)12-19/h13-14,16H,3-12H2,1-2H3. The van der Waals surface area contributed by atoms with E-state index in [4.69, 9.17) is 0 Å². The van der Waals surface area contributed by atoms with Gasteiger partial charge in [-0.3, -0.25) is 4.90 Å². The first-order valence-corrected chi connectivity index (χ1v) is 8.05. The molecule has 2 heterocycles. The van der Waals surface area contributed by atoms with E-state index >= 15 is 0 Å². The maximum Gasteiger partial charge on any atom is 0.147 e. The van der Waals surface area contributed by atoms with Crippen molar-refractivity contribution < 1.29 is 0 Å². The Kier molecular flexibility index (Phi) is 6.47. The van der Waals surface area contributed by atoms with E-state index in [0.717, 1.165) is 37.9 Å². The van der Waals surface area contributed by atoms with Crippen LogP contribution in [0.3, 0.4) is 0 Å². The highest BCUT2D eigenvalue weighted by Gasteiger charge is 2.16. The van der Waals surface area contributed by atoms with Crippen LogP contribution in [0.2, 0.25) is 0 Å². The molecule has 0 bridgehead atoms. The summed E-state index contributed by atoms with van der Waals surface area (Å²) in [5.41, 5.74) is 0. The summed E-state index contributed by atoms with van der Waals surface area (Å²) >= 11 is 0.